The van der Waals surface area contributed by atoms with Crippen molar-refractivity contribution in [3.05, 3.63) is 18.2 Å². The van der Waals surface area contributed by atoms with Gasteiger partial charge in [0.2, 0.25) is 0 Å². The lowest BCUT2D eigenvalue weighted by atomic mass is 10.0. The van der Waals surface area contributed by atoms with Gasteiger partial charge in [-0.3, -0.25) is 0 Å². The maximum Gasteiger partial charge on any atom is 0.121 e. The predicted molar refractivity (Wildman–Crippen MR) is 116 cm³/mol. The number of hydrogen-bond donors (Lipinski definition) is 2. The summed E-state index contributed by atoms with van der Waals surface area (Å²) < 4.78 is 0.900. The fourth-order valence-corrected chi connectivity index (χ4v) is 3.98. The maximum atomic E-state index is 9.40. The summed E-state index contributed by atoms with van der Waals surface area (Å²) in [5.41, 5.74) is 1.16. The van der Waals surface area contributed by atoms with E-state index in [1.54, 1.807) is 6.33 Å². The molecule has 0 saturated heterocycles. The Balaban J connectivity index is 1.94. The molecule has 1 rings (SSSR count). The molecule has 0 aliphatic heterocycles. The maximum absolute atomic E-state index is 9.40. The van der Waals surface area contributed by atoms with Gasteiger partial charge in [-0.25, -0.2) is 4.98 Å². The fourth-order valence-electron chi connectivity index (χ4n) is 3.98. The normalized spacial score (nSPS) is 13.7. The number of quaternary nitrogens is 1. The molecule has 2 N–H and O–H groups in total. The molecule has 0 aliphatic carbocycles. The van der Waals surface area contributed by atoms with Crippen LogP contribution in [0.15, 0.2) is 12.5 Å². The van der Waals surface area contributed by atoms with E-state index in [2.05, 4.69) is 23.9 Å². The van der Waals surface area contributed by atoms with E-state index in [0.717, 1.165) is 29.8 Å². The van der Waals surface area contributed by atoms with E-state index in [1.807, 2.05) is 6.20 Å². The lowest BCUT2D eigenvalue weighted by molar-refractivity contribution is -0.923. The van der Waals surface area contributed by atoms with Crippen molar-refractivity contribution in [1.82, 2.24) is 9.97 Å². The summed E-state index contributed by atoms with van der Waals surface area (Å²) in [5.74, 6) is 0. The number of aliphatic hydroxyl groups excluding tert-OH is 1. The molecule has 1 unspecified atom stereocenters. The van der Waals surface area contributed by atoms with Crippen LogP contribution in [0.25, 0.3) is 0 Å². The van der Waals surface area contributed by atoms with Crippen molar-refractivity contribution in [3.8, 4) is 0 Å². The summed E-state index contributed by atoms with van der Waals surface area (Å²) in [5, 5.41) is 9.40. The van der Waals surface area contributed by atoms with Crippen molar-refractivity contribution in [3.63, 3.8) is 0 Å². The molecule has 0 bridgehead atoms. The Morgan fingerprint density at radius 3 is 1.78 bits per heavy atom. The topological polar surface area (TPSA) is 48.9 Å². The van der Waals surface area contributed by atoms with Crippen LogP contribution in [0.2, 0.25) is 0 Å². The molecule has 27 heavy (non-hydrogen) atoms. The Labute approximate surface area is 168 Å². The van der Waals surface area contributed by atoms with E-state index >= 15 is 0 Å². The van der Waals surface area contributed by atoms with E-state index in [1.165, 1.54) is 89.9 Å². The number of H-pyrrole nitrogens is 1. The molecule has 158 valence electrons. The van der Waals surface area contributed by atoms with Crippen molar-refractivity contribution in [1.29, 1.82) is 0 Å². The zero-order valence-corrected chi connectivity index (χ0v) is 18.2. The van der Waals surface area contributed by atoms with Crippen LogP contribution < -0.4 is 0 Å². The van der Waals surface area contributed by atoms with Crippen LogP contribution in [0, 0.1) is 0 Å². The molecular formula is C23H46N3O+. The van der Waals surface area contributed by atoms with Gasteiger partial charge in [-0.2, -0.15) is 0 Å². The van der Waals surface area contributed by atoms with E-state index in [-0.39, 0.29) is 6.61 Å². The molecule has 0 amide bonds. The quantitative estimate of drug-likeness (QED) is 0.234. The van der Waals surface area contributed by atoms with Crippen LogP contribution in [-0.2, 0) is 6.54 Å². The molecular weight excluding hydrogens is 334 g/mol. The SMILES string of the molecule is CCCCCCCCCCCCCCCC[N+](C)(CCO)Cc1cnc[nH]1. The van der Waals surface area contributed by atoms with E-state index in [0.29, 0.717) is 0 Å². The minimum atomic E-state index is 0.253. The third-order valence-electron chi connectivity index (χ3n) is 5.80. The van der Waals surface area contributed by atoms with Crippen molar-refractivity contribution >= 4 is 0 Å². The molecule has 0 aliphatic rings. The lowest BCUT2D eigenvalue weighted by Crippen LogP contribution is -2.46. The minimum absolute atomic E-state index is 0.253. The summed E-state index contributed by atoms with van der Waals surface area (Å²) >= 11 is 0. The summed E-state index contributed by atoms with van der Waals surface area (Å²) in [6.45, 7) is 5.42. The zero-order chi connectivity index (χ0) is 19.6. The molecule has 0 aromatic carbocycles. The number of hydrogen-bond acceptors (Lipinski definition) is 2. The van der Waals surface area contributed by atoms with Gasteiger partial charge in [0.05, 0.1) is 38.4 Å². The highest BCUT2D eigenvalue weighted by atomic mass is 16.3. The second kappa shape index (κ2) is 16.1. The van der Waals surface area contributed by atoms with Crippen LogP contribution in [0.4, 0.5) is 0 Å². The summed E-state index contributed by atoms with van der Waals surface area (Å²) in [6.07, 6.45) is 23.2. The Kier molecular flexibility index (Phi) is 14.4. The largest absolute Gasteiger partial charge is 0.391 e. The number of aliphatic hydroxyl groups is 1. The van der Waals surface area contributed by atoms with Gasteiger partial charge in [0.1, 0.15) is 13.1 Å². The first-order chi connectivity index (χ1) is 13.2. The lowest BCUT2D eigenvalue weighted by Gasteiger charge is -2.33. The molecule has 0 fully saturated rings. The first kappa shape index (κ1) is 24.2. The Morgan fingerprint density at radius 1 is 0.815 bits per heavy atom. The number of unbranched alkanes of at least 4 members (excludes halogenated alkanes) is 13. The van der Waals surface area contributed by atoms with Gasteiger partial charge in [0.25, 0.3) is 0 Å². The molecule has 1 heterocycles. The van der Waals surface area contributed by atoms with E-state index in [4.69, 9.17) is 0 Å². The van der Waals surface area contributed by atoms with Gasteiger partial charge in [-0.15, -0.1) is 0 Å². The van der Waals surface area contributed by atoms with Crippen molar-refractivity contribution in [2.75, 3.05) is 26.7 Å². The first-order valence-corrected chi connectivity index (χ1v) is 11.6. The van der Waals surface area contributed by atoms with E-state index in [9.17, 15) is 5.11 Å². The number of rotatable bonds is 19. The highest BCUT2D eigenvalue weighted by Crippen LogP contribution is 2.15. The summed E-state index contributed by atoms with van der Waals surface area (Å²) in [4.78, 5) is 7.31. The number of aromatic amines is 1. The molecule has 4 nitrogen and oxygen atoms in total. The van der Waals surface area contributed by atoms with Gasteiger partial charge in [0, 0.05) is 0 Å². The number of aromatic nitrogens is 2. The van der Waals surface area contributed by atoms with Crippen LogP contribution in [0.5, 0.6) is 0 Å². The number of imidazole rings is 1. The highest BCUT2D eigenvalue weighted by Gasteiger charge is 2.21. The highest BCUT2D eigenvalue weighted by molar-refractivity contribution is 4.91. The Bertz CT molecular complexity index is 421. The molecule has 1 aromatic rings. The smallest absolute Gasteiger partial charge is 0.121 e. The van der Waals surface area contributed by atoms with Gasteiger partial charge >= 0.3 is 0 Å². The average Bonchev–Trinajstić information content (AvgIpc) is 3.15. The van der Waals surface area contributed by atoms with Crippen molar-refractivity contribution < 1.29 is 9.59 Å². The molecule has 4 heteroatoms. The van der Waals surface area contributed by atoms with Crippen molar-refractivity contribution in [2.45, 2.75) is 103 Å². The standard InChI is InChI=1S/C23H46N3O/c1-3-4-5-6-7-8-9-10-11-12-13-14-15-16-17-26(2,18-19-27)21-23-20-24-22-25-23/h20,22,27H,3-19,21H2,1-2H3,(H,24,25)/q+1. The van der Waals surface area contributed by atoms with Crippen LogP contribution >= 0.6 is 0 Å². The van der Waals surface area contributed by atoms with Crippen LogP contribution in [-0.4, -0.2) is 46.3 Å². The van der Waals surface area contributed by atoms with Gasteiger partial charge in [-0.1, -0.05) is 84.0 Å². The monoisotopic (exact) mass is 380 g/mol. The Hall–Kier alpha value is -0.870. The predicted octanol–water partition coefficient (Wildman–Crippen LogP) is 5.83. The number of nitrogens with zero attached hydrogens (tertiary/aromatic N) is 2. The average molecular weight is 381 g/mol. The molecule has 1 aromatic heterocycles. The van der Waals surface area contributed by atoms with Crippen LogP contribution in [0.3, 0.4) is 0 Å². The van der Waals surface area contributed by atoms with Crippen LogP contribution in [0.1, 0.15) is 103 Å². The fraction of sp³-hybridized carbons (Fsp3) is 0.870. The van der Waals surface area contributed by atoms with Gasteiger partial charge in [-0.05, 0) is 12.8 Å². The molecule has 0 saturated carbocycles. The number of nitrogens with one attached hydrogen (secondary N) is 1. The third kappa shape index (κ3) is 13.0. The second-order valence-electron chi connectivity index (χ2n) is 8.62. The van der Waals surface area contributed by atoms with Gasteiger partial charge in [0.15, 0.2) is 0 Å². The molecule has 0 spiro atoms. The van der Waals surface area contributed by atoms with Gasteiger partial charge < -0.3 is 14.6 Å². The Morgan fingerprint density at radius 2 is 1.33 bits per heavy atom. The number of likely N-dealkylation sites (N-methyl/N-ethyl adjacent to an activating group) is 1. The van der Waals surface area contributed by atoms with E-state index < -0.39 is 0 Å². The minimum Gasteiger partial charge on any atom is -0.391 e. The third-order valence-corrected chi connectivity index (χ3v) is 5.80. The summed E-state index contributed by atoms with van der Waals surface area (Å²) in [6, 6.07) is 0. The zero-order valence-electron chi connectivity index (χ0n) is 18.2. The molecule has 1 atom stereocenters. The molecule has 0 radical (unpaired) electrons. The van der Waals surface area contributed by atoms with Crippen molar-refractivity contribution in [2.24, 2.45) is 0 Å². The second-order valence-corrected chi connectivity index (χ2v) is 8.62. The first-order valence-electron chi connectivity index (χ1n) is 11.6. The summed E-state index contributed by atoms with van der Waals surface area (Å²) in [7, 11) is 2.25.